The predicted molar refractivity (Wildman–Crippen MR) is 116 cm³/mol. The number of anilines is 2. The number of urea groups is 1. The van der Waals surface area contributed by atoms with Gasteiger partial charge in [0.1, 0.15) is 5.01 Å². The number of amides is 3. The second-order valence-electron chi connectivity index (χ2n) is 5.81. The van der Waals surface area contributed by atoms with Crippen LogP contribution in [0.3, 0.4) is 0 Å². The molecule has 0 radical (unpaired) electrons. The summed E-state index contributed by atoms with van der Waals surface area (Å²) in [6.07, 6.45) is 1.24. The Balaban J connectivity index is 1.47. The molecule has 0 fully saturated rings. The summed E-state index contributed by atoms with van der Waals surface area (Å²) in [5.41, 5.74) is 3.42. The highest BCUT2D eigenvalue weighted by Gasteiger charge is 2.11. The minimum atomic E-state index is -0.480. The van der Waals surface area contributed by atoms with Crippen molar-refractivity contribution in [2.45, 2.75) is 6.42 Å². The van der Waals surface area contributed by atoms with E-state index in [2.05, 4.69) is 47.3 Å². The van der Waals surface area contributed by atoms with Gasteiger partial charge in [-0.3, -0.25) is 10.1 Å². The molecular weight excluding hydrogens is 476 g/mol. The van der Waals surface area contributed by atoms with E-state index >= 15 is 0 Å². The molecule has 3 amide bonds. The Kier molecular flexibility index (Phi) is 6.93. The van der Waals surface area contributed by atoms with Crippen molar-refractivity contribution in [2.75, 3.05) is 10.6 Å². The number of carbonyl (C=O) groups excluding carboxylic acids is 2. The highest BCUT2D eigenvalue weighted by atomic mass is 79.9. The van der Waals surface area contributed by atoms with Crippen LogP contribution in [0.25, 0.3) is 0 Å². The average Bonchev–Trinajstić information content (AvgIpc) is 3.13. The first-order chi connectivity index (χ1) is 14.4. The Bertz CT molecular complexity index is 1090. The van der Waals surface area contributed by atoms with Crippen molar-refractivity contribution in [1.29, 1.82) is 0 Å². The third-order valence-electron chi connectivity index (χ3n) is 3.50. The normalized spacial score (nSPS) is 10.7. The molecule has 0 bridgehead atoms. The number of hydrogen-bond acceptors (Lipinski definition) is 8. The molecule has 3 aromatic rings. The van der Waals surface area contributed by atoms with E-state index in [-0.39, 0.29) is 23.1 Å². The van der Waals surface area contributed by atoms with Crippen LogP contribution < -0.4 is 16.1 Å². The fraction of sp³-hybridized carbons (Fsp3) is 0.0556. The van der Waals surface area contributed by atoms with Gasteiger partial charge in [-0.25, -0.2) is 10.2 Å². The zero-order chi connectivity index (χ0) is 21.5. The van der Waals surface area contributed by atoms with Gasteiger partial charge in [0.05, 0.1) is 12.6 Å². The lowest BCUT2D eigenvalue weighted by molar-refractivity contribution is -0.120. The Morgan fingerprint density at radius 2 is 1.83 bits per heavy atom. The van der Waals surface area contributed by atoms with Gasteiger partial charge in [0.15, 0.2) is 11.5 Å². The van der Waals surface area contributed by atoms with Gasteiger partial charge in [-0.2, -0.15) is 5.10 Å². The quantitative estimate of drug-likeness (QED) is 0.203. The number of carbonyl (C=O) groups is 2. The van der Waals surface area contributed by atoms with Crippen LogP contribution in [0.5, 0.6) is 11.5 Å². The van der Waals surface area contributed by atoms with E-state index in [1.165, 1.54) is 24.4 Å². The second kappa shape index (κ2) is 9.80. The van der Waals surface area contributed by atoms with Crippen LogP contribution in [0.2, 0.25) is 0 Å². The van der Waals surface area contributed by atoms with Crippen molar-refractivity contribution in [2.24, 2.45) is 5.10 Å². The molecule has 1 aromatic heterocycles. The van der Waals surface area contributed by atoms with Crippen LogP contribution in [-0.2, 0) is 11.2 Å². The molecular formula is C18H15BrN6O4S. The Labute approximate surface area is 182 Å². The number of phenolic OH excluding ortho intramolecular Hbond substituents is 2. The van der Waals surface area contributed by atoms with Crippen LogP contribution in [0.1, 0.15) is 10.6 Å². The van der Waals surface area contributed by atoms with Crippen molar-refractivity contribution in [3.63, 3.8) is 0 Å². The standard InChI is InChI=1S/C18H15BrN6O4S/c19-11-2-4-12(5-3-11)21-17(29)22-18-25-24-16(30-18)8-15(28)23-20-9-10-1-6-13(26)14(27)7-10/h1-7,9,26-27H,8H2,(H,23,28)(H2,21,22,25,29)/b20-9-. The lowest BCUT2D eigenvalue weighted by atomic mass is 10.2. The average molecular weight is 491 g/mol. The number of aromatic nitrogens is 2. The summed E-state index contributed by atoms with van der Waals surface area (Å²) < 4.78 is 0.894. The van der Waals surface area contributed by atoms with Crippen molar-refractivity contribution >= 4 is 56.2 Å². The molecule has 0 aliphatic heterocycles. The SMILES string of the molecule is O=C(Cc1nnc(NC(=O)Nc2ccc(Br)cc2)s1)N/N=C\c1ccc(O)c(O)c1. The highest BCUT2D eigenvalue weighted by molar-refractivity contribution is 9.10. The number of hydrazone groups is 1. The summed E-state index contributed by atoms with van der Waals surface area (Å²) in [6.45, 7) is 0. The molecule has 0 saturated heterocycles. The highest BCUT2D eigenvalue weighted by Crippen LogP contribution is 2.24. The van der Waals surface area contributed by atoms with Gasteiger partial charge in [0.25, 0.3) is 0 Å². The molecule has 0 spiro atoms. The summed E-state index contributed by atoms with van der Waals surface area (Å²) in [5.74, 6) is -0.970. The zero-order valence-corrected chi connectivity index (χ0v) is 17.6. The minimum Gasteiger partial charge on any atom is -0.504 e. The van der Waals surface area contributed by atoms with Gasteiger partial charge in [0.2, 0.25) is 11.0 Å². The van der Waals surface area contributed by atoms with Crippen LogP contribution in [0.4, 0.5) is 15.6 Å². The number of hydrogen-bond donors (Lipinski definition) is 5. The van der Waals surface area contributed by atoms with Gasteiger partial charge in [-0.1, -0.05) is 27.3 Å². The van der Waals surface area contributed by atoms with Crippen molar-refractivity contribution in [3.8, 4) is 11.5 Å². The number of aromatic hydroxyl groups is 2. The summed E-state index contributed by atoms with van der Waals surface area (Å²) >= 11 is 4.38. The van der Waals surface area contributed by atoms with E-state index in [1.54, 1.807) is 24.3 Å². The molecule has 1 heterocycles. The van der Waals surface area contributed by atoms with E-state index < -0.39 is 11.9 Å². The maximum atomic E-state index is 12.0. The molecule has 12 heteroatoms. The first kappa shape index (κ1) is 21.2. The second-order valence-corrected chi connectivity index (χ2v) is 7.78. The van der Waals surface area contributed by atoms with E-state index in [1.807, 2.05) is 0 Å². The number of nitrogens with one attached hydrogen (secondary N) is 3. The minimum absolute atomic E-state index is 0.0775. The van der Waals surface area contributed by atoms with Gasteiger partial charge >= 0.3 is 6.03 Å². The topological polar surface area (TPSA) is 149 Å². The zero-order valence-electron chi connectivity index (χ0n) is 15.2. The number of benzene rings is 2. The first-order valence-corrected chi connectivity index (χ1v) is 10.00. The number of halogens is 1. The summed E-state index contributed by atoms with van der Waals surface area (Å²) in [5, 5.41) is 36.0. The first-order valence-electron chi connectivity index (χ1n) is 8.39. The van der Waals surface area contributed by atoms with Crippen molar-refractivity contribution < 1.29 is 19.8 Å². The number of phenols is 2. The third kappa shape index (κ3) is 6.25. The molecule has 10 nitrogen and oxygen atoms in total. The molecule has 0 aliphatic carbocycles. The number of rotatable bonds is 6. The molecule has 5 N–H and O–H groups in total. The Morgan fingerprint density at radius 1 is 1.07 bits per heavy atom. The number of nitrogens with zero attached hydrogens (tertiary/aromatic N) is 3. The van der Waals surface area contributed by atoms with Crippen LogP contribution in [0.15, 0.2) is 52.0 Å². The molecule has 30 heavy (non-hydrogen) atoms. The molecule has 3 rings (SSSR count). The molecule has 0 atom stereocenters. The van der Waals surface area contributed by atoms with Crippen LogP contribution in [0, 0.1) is 0 Å². The molecule has 154 valence electrons. The molecule has 0 aliphatic rings. The molecule has 0 saturated carbocycles. The fourth-order valence-corrected chi connectivity index (χ4v) is 3.14. The molecule has 0 unspecified atom stereocenters. The van der Waals surface area contributed by atoms with Crippen molar-refractivity contribution in [3.05, 3.63) is 57.5 Å². The smallest absolute Gasteiger partial charge is 0.325 e. The predicted octanol–water partition coefficient (Wildman–Crippen LogP) is 3.05. The lowest BCUT2D eigenvalue weighted by Crippen LogP contribution is -2.19. The largest absolute Gasteiger partial charge is 0.504 e. The van der Waals surface area contributed by atoms with Gasteiger partial charge in [-0.15, -0.1) is 10.2 Å². The van der Waals surface area contributed by atoms with E-state index in [0.717, 1.165) is 15.8 Å². The van der Waals surface area contributed by atoms with Gasteiger partial charge in [-0.05, 0) is 48.0 Å². The summed E-state index contributed by atoms with van der Waals surface area (Å²) in [6, 6.07) is 10.7. The monoisotopic (exact) mass is 490 g/mol. The maximum Gasteiger partial charge on any atom is 0.325 e. The fourth-order valence-electron chi connectivity index (χ4n) is 2.14. The van der Waals surface area contributed by atoms with Gasteiger partial charge < -0.3 is 15.5 Å². The van der Waals surface area contributed by atoms with E-state index in [9.17, 15) is 19.8 Å². The van der Waals surface area contributed by atoms with E-state index in [4.69, 9.17) is 0 Å². The summed E-state index contributed by atoms with van der Waals surface area (Å²) in [7, 11) is 0. The lowest BCUT2D eigenvalue weighted by Gasteiger charge is -2.04. The van der Waals surface area contributed by atoms with E-state index in [0.29, 0.717) is 16.3 Å². The third-order valence-corrected chi connectivity index (χ3v) is 4.87. The van der Waals surface area contributed by atoms with Crippen LogP contribution >= 0.6 is 27.3 Å². The Hall–Kier alpha value is -3.51. The molecule has 2 aromatic carbocycles. The van der Waals surface area contributed by atoms with Crippen LogP contribution in [-0.4, -0.2) is 38.6 Å². The Morgan fingerprint density at radius 3 is 2.57 bits per heavy atom. The maximum absolute atomic E-state index is 12.0. The van der Waals surface area contributed by atoms with Crippen molar-refractivity contribution in [1.82, 2.24) is 15.6 Å². The summed E-state index contributed by atoms with van der Waals surface area (Å²) in [4.78, 5) is 23.9. The van der Waals surface area contributed by atoms with Gasteiger partial charge in [0, 0.05) is 10.2 Å².